The van der Waals surface area contributed by atoms with Gasteiger partial charge < -0.3 is 15.1 Å². The zero-order chi connectivity index (χ0) is 14.7. The number of fused-ring (bicyclic) bond motifs is 1. The van der Waals surface area contributed by atoms with Crippen LogP contribution in [0.1, 0.15) is 18.9 Å². The number of nitrogens with one attached hydrogen (secondary N) is 1. The van der Waals surface area contributed by atoms with Crippen LogP contribution >= 0.6 is 0 Å². The van der Waals surface area contributed by atoms with Gasteiger partial charge in [-0.3, -0.25) is 4.79 Å². The van der Waals surface area contributed by atoms with Crippen LogP contribution in [0.2, 0.25) is 0 Å². The molecule has 1 aromatic rings. The van der Waals surface area contributed by atoms with Crippen molar-refractivity contribution in [2.45, 2.75) is 19.8 Å². The van der Waals surface area contributed by atoms with Gasteiger partial charge in [-0.2, -0.15) is 0 Å². The van der Waals surface area contributed by atoms with Crippen molar-refractivity contribution in [3.8, 4) is 0 Å². The first-order valence-corrected chi connectivity index (χ1v) is 8.05. The van der Waals surface area contributed by atoms with Gasteiger partial charge in [-0.15, -0.1) is 0 Å². The van der Waals surface area contributed by atoms with Crippen molar-refractivity contribution in [1.82, 2.24) is 10.2 Å². The van der Waals surface area contributed by atoms with Crippen LogP contribution in [0.25, 0.3) is 0 Å². The summed E-state index contributed by atoms with van der Waals surface area (Å²) in [5.41, 5.74) is 2.62. The number of para-hydroxylation sites is 1. The minimum Gasteiger partial charge on any atom is -0.362 e. The first-order valence-electron chi connectivity index (χ1n) is 8.05. The average molecular weight is 287 g/mol. The van der Waals surface area contributed by atoms with Crippen LogP contribution in [0.5, 0.6) is 0 Å². The van der Waals surface area contributed by atoms with Gasteiger partial charge in [0.1, 0.15) is 0 Å². The lowest BCUT2D eigenvalue weighted by Gasteiger charge is -2.35. The van der Waals surface area contributed by atoms with E-state index in [2.05, 4.69) is 41.4 Å². The van der Waals surface area contributed by atoms with Gasteiger partial charge in [0.2, 0.25) is 5.91 Å². The smallest absolute Gasteiger partial charge is 0.242 e. The Morgan fingerprint density at radius 3 is 3.05 bits per heavy atom. The maximum atomic E-state index is 12.6. The molecule has 0 radical (unpaired) electrons. The number of hydrogen-bond donors (Lipinski definition) is 1. The second-order valence-electron chi connectivity index (χ2n) is 6.30. The van der Waals surface area contributed by atoms with E-state index in [4.69, 9.17) is 0 Å². The van der Waals surface area contributed by atoms with Crippen molar-refractivity contribution in [3.63, 3.8) is 0 Å². The molecule has 1 unspecified atom stereocenters. The van der Waals surface area contributed by atoms with Crippen molar-refractivity contribution < 1.29 is 4.79 Å². The molecule has 2 aliphatic rings. The molecule has 2 aliphatic heterocycles. The highest BCUT2D eigenvalue weighted by Crippen LogP contribution is 2.29. The molecular formula is C17H25N3O. The average Bonchev–Trinajstić information content (AvgIpc) is 2.76. The molecule has 21 heavy (non-hydrogen) atoms. The van der Waals surface area contributed by atoms with Gasteiger partial charge in [-0.25, -0.2) is 0 Å². The highest BCUT2D eigenvalue weighted by atomic mass is 16.2. The molecule has 1 fully saturated rings. The lowest BCUT2D eigenvalue weighted by atomic mass is 9.94. The molecule has 1 N–H and O–H groups in total. The third-order valence-electron chi connectivity index (χ3n) is 4.45. The molecular weight excluding hydrogens is 262 g/mol. The van der Waals surface area contributed by atoms with Crippen molar-refractivity contribution >= 4 is 11.6 Å². The summed E-state index contributed by atoms with van der Waals surface area (Å²) in [7, 11) is 0. The van der Waals surface area contributed by atoms with E-state index in [-0.39, 0.29) is 5.91 Å². The summed E-state index contributed by atoms with van der Waals surface area (Å²) >= 11 is 0. The van der Waals surface area contributed by atoms with E-state index >= 15 is 0 Å². The molecule has 0 spiro atoms. The van der Waals surface area contributed by atoms with Gasteiger partial charge in [-0.05, 0) is 36.9 Å². The third kappa shape index (κ3) is 3.38. The van der Waals surface area contributed by atoms with E-state index in [1.165, 1.54) is 11.3 Å². The summed E-state index contributed by atoms with van der Waals surface area (Å²) in [5, 5.41) is 3.35. The number of benzene rings is 1. The lowest BCUT2D eigenvalue weighted by molar-refractivity contribution is -0.129. The molecule has 1 saturated heterocycles. The van der Waals surface area contributed by atoms with Crippen LogP contribution in [0.4, 0.5) is 5.69 Å². The molecule has 2 heterocycles. The van der Waals surface area contributed by atoms with E-state index in [9.17, 15) is 4.79 Å². The first kappa shape index (κ1) is 14.4. The molecule has 0 saturated carbocycles. The minimum atomic E-state index is 0.266. The first-order chi connectivity index (χ1) is 10.2. The predicted molar refractivity (Wildman–Crippen MR) is 85.6 cm³/mol. The normalized spacial score (nSPS) is 22.6. The quantitative estimate of drug-likeness (QED) is 0.895. The van der Waals surface area contributed by atoms with E-state index in [1.54, 1.807) is 0 Å². The lowest BCUT2D eigenvalue weighted by Crippen LogP contribution is -2.45. The number of anilines is 1. The number of amides is 1. The van der Waals surface area contributed by atoms with Crippen LogP contribution < -0.4 is 10.2 Å². The van der Waals surface area contributed by atoms with E-state index in [0.29, 0.717) is 12.5 Å². The number of rotatable bonds is 2. The SMILES string of the molecule is CC1Cc2ccccc2N(CC(=O)N2CCCNCC2)C1. The summed E-state index contributed by atoms with van der Waals surface area (Å²) in [5.74, 6) is 0.876. The molecule has 1 atom stereocenters. The summed E-state index contributed by atoms with van der Waals surface area (Å²) in [6.45, 7) is 7.42. The van der Waals surface area contributed by atoms with Gasteiger partial charge in [0.05, 0.1) is 6.54 Å². The van der Waals surface area contributed by atoms with Crippen LogP contribution in [0, 0.1) is 5.92 Å². The third-order valence-corrected chi connectivity index (χ3v) is 4.45. The zero-order valence-electron chi connectivity index (χ0n) is 12.8. The summed E-state index contributed by atoms with van der Waals surface area (Å²) in [6.07, 6.45) is 2.17. The van der Waals surface area contributed by atoms with Gasteiger partial charge in [-0.1, -0.05) is 25.1 Å². The van der Waals surface area contributed by atoms with Crippen molar-refractivity contribution in [1.29, 1.82) is 0 Å². The summed E-state index contributed by atoms with van der Waals surface area (Å²) < 4.78 is 0. The van der Waals surface area contributed by atoms with Gasteiger partial charge >= 0.3 is 0 Å². The number of carbonyl (C=O) groups is 1. The van der Waals surface area contributed by atoms with Gasteiger partial charge in [0.25, 0.3) is 0 Å². The maximum absolute atomic E-state index is 12.6. The molecule has 3 rings (SSSR count). The number of nitrogens with zero attached hydrogens (tertiary/aromatic N) is 2. The Morgan fingerprint density at radius 2 is 2.14 bits per heavy atom. The topological polar surface area (TPSA) is 35.6 Å². The minimum absolute atomic E-state index is 0.266. The second-order valence-corrected chi connectivity index (χ2v) is 6.30. The van der Waals surface area contributed by atoms with Crippen molar-refractivity contribution in [2.75, 3.05) is 44.2 Å². The van der Waals surface area contributed by atoms with Crippen molar-refractivity contribution in [3.05, 3.63) is 29.8 Å². The van der Waals surface area contributed by atoms with Crippen LogP contribution in [0.15, 0.2) is 24.3 Å². The second kappa shape index (κ2) is 6.48. The molecule has 4 nitrogen and oxygen atoms in total. The summed E-state index contributed by atoms with van der Waals surface area (Å²) in [4.78, 5) is 16.9. The Morgan fingerprint density at radius 1 is 1.29 bits per heavy atom. The molecule has 0 aromatic heterocycles. The van der Waals surface area contributed by atoms with E-state index < -0.39 is 0 Å². The van der Waals surface area contributed by atoms with E-state index in [1.807, 2.05) is 4.90 Å². The molecule has 1 amide bonds. The highest BCUT2D eigenvalue weighted by molar-refractivity contribution is 5.82. The Kier molecular flexibility index (Phi) is 4.44. The molecule has 1 aromatic carbocycles. The van der Waals surface area contributed by atoms with E-state index in [0.717, 1.165) is 45.6 Å². The fourth-order valence-electron chi connectivity index (χ4n) is 3.41. The Bertz CT molecular complexity index is 495. The predicted octanol–water partition coefficient (Wildman–Crippen LogP) is 1.51. The fraction of sp³-hybridized carbons (Fsp3) is 0.588. The Hall–Kier alpha value is -1.55. The fourth-order valence-corrected chi connectivity index (χ4v) is 3.41. The van der Waals surface area contributed by atoms with Gasteiger partial charge in [0, 0.05) is 31.9 Å². The molecule has 0 bridgehead atoms. The number of carbonyl (C=O) groups excluding carboxylic acids is 1. The standard InChI is InChI=1S/C17H25N3O/c1-14-11-15-5-2-3-6-16(15)20(12-14)13-17(21)19-9-4-7-18-8-10-19/h2-3,5-6,14,18H,4,7-13H2,1H3. The summed E-state index contributed by atoms with van der Waals surface area (Å²) in [6, 6.07) is 8.51. The number of hydrogen-bond acceptors (Lipinski definition) is 3. The zero-order valence-corrected chi connectivity index (χ0v) is 12.8. The van der Waals surface area contributed by atoms with Gasteiger partial charge in [0.15, 0.2) is 0 Å². The Balaban J connectivity index is 1.70. The van der Waals surface area contributed by atoms with Crippen molar-refractivity contribution in [2.24, 2.45) is 5.92 Å². The van der Waals surface area contributed by atoms with Crippen LogP contribution in [-0.2, 0) is 11.2 Å². The highest BCUT2D eigenvalue weighted by Gasteiger charge is 2.25. The molecule has 114 valence electrons. The maximum Gasteiger partial charge on any atom is 0.242 e. The monoisotopic (exact) mass is 287 g/mol. The Labute approximate surface area is 127 Å². The molecule has 4 heteroatoms. The van der Waals surface area contributed by atoms with Crippen LogP contribution in [0.3, 0.4) is 0 Å². The largest absolute Gasteiger partial charge is 0.362 e. The molecule has 0 aliphatic carbocycles. The van der Waals surface area contributed by atoms with Crippen LogP contribution in [-0.4, -0.2) is 50.1 Å².